The number of rotatable bonds is 7. The average molecular weight is 745 g/mol. The first-order chi connectivity index (χ1) is 28.3. The zero-order chi connectivity index (χ0) is 39.2. The molecular weight excluding hydrogens is 701 g/mol. The SMILES string of the molecule is CC1(C)c2cc(N(c3ccccc3)c3ccccc3)cc3c2-c2c4c1cccc4c(-c1ccc(N(c4ccccc4)c4ccccc4)cc1)c1cccc(c21)C3(C)C. The summed E-state index contributed by atoms with van der Waals surface area (Å²) < 4.78 is 0. The average Bonchev–Trinajstić information content (AvgIpc) is 3.26. The molecule has 9 aromatic carbocycles. The molecule has 0 radical (unpaired) electrons. The smallest absolute Gasteiger partial charge is 0.0468 e. The molecule has 2 aliphatic carbocycles. The standard InChI is InChI=1S/C56H44N2/c1-55(2)46-29-17-27-44-50(37-31-33-42(34-32-37)57(38-19-9-5-10-20-38)39-21-11-6-12-22-39)45-28-18-30-47-52(45)54(51(44)46)53-48(55)35-43(36-49(53)56(47,3)4)58(40-23-13-7-14-24-40)41-25-15-8-16-26-41/h5-36H,1-4H3. The fourth-order valence-corrected chi connectivity index (χ4v) is 10.2. The van der Waals surface area contributed by atoms with Crippen molar-refractivity contribution < 1.29 is 0 Å². The number of hydrogen-bond donors (Lipinski definition) is 0. The number of nitrogens with zero attached hydrogens (tertiary/aromatic N) is 2. The van der Waals surface area contributed by atoms with Gasteiger partial charge in [-0.1, -0.05) is 149 Å². The molecule has 0 N–H and O–H groups in total. The van der Waals surface area contributed by atoms with Crippen molar-refractivity contribution in [1.82, 2.24) is 0 Å². The van der Waals surface area contributed by atoms with Crippen molar-refractivity contribution in [1.29, 1.82) is 0 Å². The molecule has 0 fully saturated rings. The van der Waals surface area contributed by atoms with Gasteiger partial charge in [0.1, 0.15) is 0 Å². The van der Waals surface area contributed by atoms with Crippen LogP contribution in [0.3, 0.4) is 0 Å². The quantitative estimate of drug-likeness (QED) is 0.150. The monoisotopic (exact) mass is 744 g/mol. The lowest BCUT2D eigenvalue weighted by molar-refractivity contribution is 0.619. The molecule has 9 aromatic rings. The lowest BCUT2D eigenvalue weighted by Crippen LogP contribution is -2.31. The van der Waals surface area contributed by atoms with Crippen molar-refractivity contribution in [2.24, 2.45) is 0 Å². The molecule has 0 amide bonds. The van der Waals surface area contributed by atoms with Crippen LogP contribution >= 0.6 is 0 Å². The van der Waals surface area contributed by atoms with E-state index in [9.17, 15) is 0 Å². The van der Waals surface area contributed by atoms with Gasteiger partial charge in [0.05, 0.1) is 0 Å². The van der Waals surface area contributed by atoms with Gasteiger partial charge in [-0.3, -0.25) is 0 Å². The summed E-state index contributed by atoms with van der Waals surface area (Å²) >= 11 is 0. The number of anilines is 6. The van der Waals surface area contributed by atoms with Crippen molar-refractivity contribution in [2.75, 3.05) is 9.80 Å². The molecule has 278 valence electrons. The van der Waals surface area contributed by atoms with Crippen LogP contribution in [-0.2, 0) is 10.8 Å². The summed E-state index contributed by atoms with van der Waals surface area (Å²) in [7, 11) is 0. The first-order valence-electron chi connectivity index (χ1n) is 20.4. The Morgan fingerprint density at radius 2 is 0.655 bits per heavy atom. The van der Waals surface area contributed by atoms with Gasteiger partial charge in [0.2, 0.25) is 0 Å². The van der Waals surface area contributed by atoms with E-state index in [0.717, 1.165) is 28.4 Å². The van der Waals surface area contributed by atoms with Crippen molar-refractivity contribution in [2.45, 2.75) is 38.5 Å². The molecule has 2 nitrogen and oxygen atoms in total. The maximum atomic E-state index is 2.49. The molecule has 2 aliphatic rings. The number of benzene rings is 9. The zero-order valence-corrected chi connectivity index (χ0v) is 33.4. The van der Waals surface area contributed by atoms with E-state index >= 15 is 0 Å². The van der Waals surface area contributed by atoms with Gasteiger partial charge in [-0.25, -0.2) is 0 Å². The van der Waals surface area contributed by atoms with E-state index in [4.69, 9.17) is 0 Å². The van der Waals surface area contributed by atoms with Crippen molar-refractivity contribution >= 4 is 55.7 Å². The Labute approximate surface area is 341 Å². The highest BCUT2D eigenvalue weighted by Crippen LogP contribution is 2.61. The molecule has 58 heavy (non-hydrogen) atoms. The summed E-state index contributed by atoms with van der Waals surface area (Å²) in [6.07, 6.45) is 0. The lowest BCUT2D eigenvalue weighted by Gasteiger charge is -2.44. The predicted molar refractivity (Wildman–Crippen MR) is 246 cm³/mol. The number of para-hydroxylation sites is 4. The molecule has 0 unspecified atom stereocenters. The fraction of sp³-hybridized carbons (Fsp3) is 0.107. The van der Waals surface area contributed by atoms with Gasteiger partial charge >= 0.3 is 0 Å². The second-order valence-corrected chi connectivity index (χ2v) is 16.9. The van der Waals surface area contributed by atoms with E-state index in [1.807, 2.05) is 0 Å². The van der Waals surface area contributed by atoms with E-state index in [-0.39, 0.29) is 10.8 Å². The minimum Gasteiger partial charge on any atom is -0.311 e. The third kappa shape index (κ3) is 4.98. The second kappa shape index (κ2) is 12.8. The normalized spacial score (nSPS) is 14.1. The van der Waals surface area contributed by atoms with E-state index < -0.39 is 0 Å². The summed E-state index contributed by atoms with van der Waals surface area (Å²) in [5, 5.41) is 5.41. The summed E-state index contributed by atoms with van der Waals surface area (Å²) in [6.45, 7) is 9.75. The molecule has 0 aliphatic heterocycles. The summed E-state index contributed by atoms with van der Waals surface area (Å²) in [5.74, 6) is 0. The van der Waals surface area contributed by atoms with E-state index in [0.29, 0.717) is 0 Å². The predicted octanol–water partition coefficient (Wildman–Crippen LogP) is 15.5. The highest BCUT2D eigenvalue weighted by atomic mass is 15.1. The van der Waals surface area contributed by atoms with E-state index in [2.05, 4.69) is 232 Å². The van der Waals surface area contributed by atoms with E-state index in [1.54, 1.807) is 0 Å². The Bertz CT molecular complexity index is 2840. The first-order valence-corrected chi connectivity index (χ1v) is 20.4. The molecule has 0 bridgehead atoms. The largest absolute Gasteiger partial charge is 0.311 e. The van der Waals surface area contributed by atoms with Gasteiger partial charge in [-0.05, 0) is 139 Å². The third-order valence-corrected chi connectivity index (χ3v) is 13.0. The summed E-state index contributed by atoms with van der Waals surface area (Å²) in [5.41, 5.74) is 17.3. The summed E-state index contributed by atoms with van der Waals surface area (Å²) in [6, 6.07) is 71.3. The molecule has 0 saturated carbocycles. The van der Waals surface area contributed by atoms with Crippen molar-refractivity contribution in [3.63, 3.8) is 0 Å². The van der Waals surface area contributed by atoms with Crippen LogP contribution in [-0.4, -0.2) is 0 Å². The summed E-state index contributed by atoms with van der Waals surface area (Å²) in [4.78, 5) is 4.77. The van der Waals surface area contributed by atoms with Crippen molar-refractivity contribution in [3.05, 3.63) is 216 Å². The molecule has 0 aromatic heterocycles. The minimum atomic E-state index is -0.255. The Hall–Kier alpha value is -6.90. The van der Waals surface area contributed by atoms with Gasteiger partial charge in [-0.2, -0.15) is 0 Å². The molecule has 11 rings (SSSR count). The Balaban J connectivity index is 1.17. The van der Waals surface area contributed by atoms with Gasteiger partial charge in [0.15, 0.2) is 0 Å². The van der Waals surface area contributed by atoms with Gasteiger partial charge in [0.25, 0.3) is 0 Å². The molecule has 0 heterocycles. The van der Waals surface area contributed by atoms with Gasteiger partial charge in [-0.15, -0.1) is 0 Å². The molecular formula is C56H44N2. The lowest BCUT2D eigenvalue weighted by atomic mass is 9.59. The third-order valence-electron chi connectivity index (χ3n) is 13.0. The Kier molecular flexibility index (Phi) is 7.59. The topological polar surface area (TPSA) is 6.48 Å². The van der Waals surface area contributed by atoms with Crippen LogP contribution in [0.25, 0.3) is 43.8 Å². The highest BCUT2D eigenvalue weighted by Gasteiger charge is 2.44. The number of hydrogen-bond acceptors (Lipinski definition) is 2. The van der Waals surface area contributed by atoms with Crippen LogP contribution in [0.4, 0.5) is 34.1 Å². The first kappa shape index (κ1) is 34.4. The Morgan fingerprint density at radius 1 is 0.293 bits per heavy atom. The van der Waals surface area contributed by atoms with Gasteiger partial charge < -0.3 is 9.80 Å². The second-order valence-electron chi connectivity index (χ2n) is 16.9. The zero-order valence-electron chi connectivity index (χ0n) is 33.4. The minimum absolute atomic E-state index is 0.255. The van der Waals surface area contributed by atoms with Crippen LogP contribution in [0.2, 0.25) is 0 Å². The Morgan fingerprint density at radius 3 is 1.05 bits per heavy atom. The van der Waals surface area contributed by atoms with Crippen LogP contribution in [0.1, 0.15) is 49.9 Å². The maximum absolute atomic E-state index is 2.49. The molecule has 0 saturated heterocycles. The molecule has 2 heteroatoms. The fourth-order valence-electron chi connectivity index (χ4n) is 10.2. The van der Waals surface area contributed by atoms with Crippen LogP contribution < -0.4 is 9.80 Å². The highest BCUT2D eigenvalue weighted by molar-refractivity contribution is 6.26. The van der Waals surface area contributed by atoms with E-state index in [1.165, 1.54) is 71.7 Å². The maximum Gasteiger partial charge on any atom is 0.0468 e. The van der Waals surface area contributed by atoms with Crippen LogP contribution in [0.15, 0.2) is 194 Å². The molecule has 0 spiro atoms. The van der Waals surface area contributed by atoms with Crippen LogP contribution in [0, 0.1) is 0 Å². The van der Waals surface area contributed by atoms with Crippen molar-refractivity contribution in [3.8, 4) is 22.3 Å². The molecule has 0 atom stereocenters. The van der Waals surface area contributed by atoms with Gasteiger partial charge in [0, 0.05) is 45.0 Å². The van der Waals surface area contributed by atoms with Crippen LogP contribution in [0.5, 0.6) is 0 Å².